The molecule has 1 N–H and O–H groups in total. The second-order valence-corrected chi connectivity index (χ2v) is 6.09. The van der Waals surface area contributed by atoms with Gasteiger partial charge in [0.1, 0.15) is 6.04 Å². The van der Waals surface area contributed by atoms with Crippen LogP contribution in [0.4, 0.5) is 11.4 Å². The fourth-order valence-corrected chi connectivity index (χ4v) is 3.07. The van der Waals surface area contributed by atoms with Crippen LogP contribution in [0.2, 0.25) is 0 Å². The lowest BCUT2D eigenvalue weighted by molar-refractivity contribution is -0.119. The van der Waals surface area contributed by atoms with E-state index in [1.165, 1.54) is 0 Å². The van der Waals surface area contributed by atoms with Crippen molar-refractivity contribution in [3.05, 3.63) is 60.2 Å². The first-order chi connectivity index (χ1) is 11.6. The van der Waals surface area contributed by atoms with Crippen LogP contribution in [0.5, 0.6) is 11.5 Å². The number of carbonyl (C=O) groups is 1. The molecule has 0 saturated carbocycles. The maximum absolute atomic E-state index is 13.1. The summed E-state index contributed by atoms with van der Waals surface area (Å²) in [6.45, 7) is 6.54. The Balaban J connectivity index is 1.81. The van der Waals surface area contributed by atoms with Crippen molar-refractivity contribution >= 4 is 17.3 Å². The summed E-state index contributed by atoms with van der Waals surface area (Å²) in [5, 5.41) is 3.34. The van der Waals surface area contributed by atoms with Crippen LogP contribution in [0, 0.1) is 0 Å². The molecule has 1 unspecified atom stereocenters. The van der Waals surface area contributed by atoms with Gasteiger partial charge in [-0.25, -0.2) is 0 Å². The highest BCUT2D eigenvalue weighted by Crippen LogP contribution is 2.45. The van der Waals surface area contributed by atoms with Crippen molar-refractivity contribution in [2.75, 3.05) is 23.6 Å². The molecular weight excluding hydrogens is 304 g/mol. The van der Waals surface area contributed by atoms with E-state index < -0.39 is 6.04 Å². The minimum Gasteiger partial charge on any atom is -0.454 e. The molecule has 2 aliphatic rings. The van der Waals surface area contributed by atoms with Crippen LogP contribution in [-0.4, -0.2) is 19.2 Å². The van der Waals surface area contributed by atoms with Crippen LogP contribution < -0.4 is 19.7 Å². The Bertz CT molecular complexity index is 817. The van der Waals surface area contributed by atoms with Gasteiger partial charge in [0.25, 0.3) is 5.91 Å². The number of nitrogens with one attached hydrogen (secondary N) is 1. The summed E-state index contributed by atoms with van der Waals surface area (Å²) >= 11 is 0. The van der Waals surface area contributed by atoms with Gasteiger partial charge in [-0.1, -0.05) is 42.5 Å². The molecule has 2 aliphatic heterocycles. The molecule has 1 atom stereocenters. The fraction of sp³-hybridized carbons (Fsp3) is 0.211. The number of benzene rings is 2. The smallest absolute Gasteiger partial charge is 0.254 e. The van der Waals surface area contributed by atoms with Gasteiger partial charge >= 0.3 is 0 Å². The average Bonchev–Trinajstić information content (AvgIpc) is 3.03. The van der Waals surface area contributed by atoms with E-state index in [9.17, 15) is 4.79 Å². The number of anilines is 2. The highest BCUT2D eigenvalue weighted by atomic mass is 16.7. The summed E-state index contributed by atoms with van der Waals surface area (Å²) in [6.07, 6.45) is 0. The summed E-state index contributed by atoms with van der Waals surface area (Å²) in [5.41, 5.74) is 3.49. The van der Waals surface area contributed by atoms with Gasteiger partial charge in [-0.2, -0.15) is 0 Å². The second-order valence-electron chi connectivity index (χ2n) is 6.09. The van der Waals surface area contributed by atoms with Crippen LogP contribution >= 0.6 is 0 Å². The summed E-state index contributed by atoms with van der Waals surface area (Å²) < 4.78 is 10.9. The summed E-state index contributed by atoms with van der Waals surface area (Å²) in [6, 6.07) is 13.0. The van der Waals surface area contributed by atoms with Gasteiger partial charge in [0, 0.05) is 18.7 Å². The van der Waals surface area contributed by atoms with Crippen molar-refractivity contribution < 1.29 is 14.3 Å². The van der Waals surface area contributed by atoms with Crippen molar-refractivity contribution in [1.29, 1.82) is 0 Å². The number of hydrogen-bond acceptors (Lipinski definition) is 4. The Hall–Kier alpha value is -2.95. The first-order valence-corrected chi connectivity index (χ1v) is 7.84. The Morgan fingerprint density at radius 1 is 1.25 bits per heavy atom. The number of ether oxygens (including phenoxy) is 2. The molecule has 2 aromatic carbocycles. The molecule has 5 nitrogen and oxygen atoms in total. The molecule has 0 radical (unpaired) electrons. The minimum absolute atomic E-state index is 0.00411. The molecule has 4 rings (SSSR count). The summed E-state index contributed by atoms with van der Waals surface area (Å²) in [5.74, 6) is 1.35. The van der Waals surface area contributed by atoms with Gasteiger partial charge < -0.3 is 19.7 Å². The lowest BCUT2D eigenvalue weighted by Crippen LogP contribution is -2.43. The number of nitrogens with zero attached hydrogens (tertiary/aromatic N) is 1. The lowest BCUT2D eigenvalue weighted by atomic mass is 10.0. The molecule has 2 aromatic rings. The van der Waals surface area contributed by atoms with Gasteiger partial charge in [0.2, 0.25) is 6.79 Å². The summed E-state index contributed by atoms with van der Waals surface area (Å²) in [7, 11) is 0. The molecule has 0 aromatic heterocycles. The molecule has 0 aliphatic carbocycles. The topological polar surface area (TPSA) is 50.8 Å². The number of rotatable bonds is 3. The van der Waals surface area contributed by atoms with Crippen molar-refractivity contribution in [2.45, 2.75) is 13.0 Å². The summed E-state index contributed by atoms with van der Waals surface area (Å²) in [4.78, 5) is 14.8. The van der Waals surface area contributed by atoms with Gasteiger partial charge in [-0.15, -0.1) is 0 Å². The maximum Gasteiger partial charge on any atom is 0.254 e. The standard InChI is InChI=1S/C19H18N2O3/c1-12(2)10-21-15-9-17-16(23-11-24-17)8-14(15)20-18(19(21)22)13-6-4-3-5-7-13/h3-9,18,20H,1,10-11H2,2H3. The van der Waals surface area contributed by atoms with Crippen molar-refractivity contribution in [3.8, 4) is 11.5 Å². The Kier molecular flexibility index (Phi) is 3.41. The molecule has 0 saturated heterocycles. The van der Waals surface area contributed by atoms with Crippen LogP contribution in [0.1, 0.15) is 18.5 Å². The predicted molar refractivity (Wildman–Crippen MR) is 92.5 cm³/mol. The zero-order chi connectivity index (χ0) is 16.7. The third-order valence-corrected chi connectivity index (χ3v) is 4.16. The predicted octanol–water partition coefficient (Wildman–Crippen LogP) is 3.49. The Morgan fingerprint density at radius 3 is 2.67 bits per heavy atom. The fourth-order valence-electron chi connectivity index (χ4n) is 3.07. The first-order valence-electron chi connectivity index (χ1n) is 7.84. The molecule has 2 heterocycles. The molecule has 5 heteroatoms. The number of amides is 1. The van der Waals surface area contributed by atoms with Crippen LogP contribution in [-0.2, 0) is 4.79 Å². The van der Waals surface area contributed by atoms with Gasteiger partial charge in [0.15, 0.2) is 11.5 Å². The lowest BCUT2D eigenvalue weighted by Gasteiger charge is -2.35. The molecule has 0 bridgehead atoms. The normalized spacial score (nSPS) is 18.1. The van der Waals surface area contributed by atoms with E-state index in [-0.39, 0.29) is 12.7 Å². The third-order valence-electron chi connectivity index (χ3n) is 4.16. The number of carbonyl (C=O) groups excluding carboxylic acids is 1. The molecule has 0 spiro atoms. The van der Waals surface area contributed by atoms with Crippen molar-refractivity contribution in [3.63, 3.8) is 0 Å². The zero-order valence-corrected chi connectivity index (χ0v) is 13.4. The van der Waals surface area contributed by atoms with E-state index in [1.807, 2.05) is 49.4 Å². The second kappa shape index (κ2) is 5.60. The van der Waals surface area contributed by atoms with Crippen LogP contribution in [0.15, 0.2) is 54.6 Å². The van der Waals surface area contributed by atoms with E-state index in [0.29, 0.717) is 18.0 Å². The van der Waals surface area contributed by atoms with Gasteiger partial charge in [0.05, 0.1) is 11.4 Å². The van der Waals surface area contributed by atoms with E-state index >= 15 is 0 Å². The van der Waals surface area contributed by atoms with E-state index in [0.717, 1.165) is 22.5 Å². The monoisotopic (exact) mass is 322 g/mol. The van der Waals surface area contributed by atoms with E-state index in [4.69, 9.17) is 9.47 Å². The highest BCUT2D eigenvalue weighted by Gasteiger charge is 2.35. The average molecular weight is 322 g/mol. The Morgan fingerprint density at radius 2 is 1.96 bits per heavy atom. The van der Waals surface area contributed by atoms with Crippen molar-refractivity contribution in [2.24, 2.45) is 0 Å². The molecule has 1 amide bonds. The van der Waals surface area contributed by atoms with Crippen LogP contribution in [0.25, 0.3) is 0 Å². The zero-order valence-electron chi connectivity index (χ0n) is 13.4. The third kappa shape index (κ3) is 2.38. The number of fused-ring (bicyclic) bond motifs is 2. The largest absolute Gasteiger partial charge is 0.454 e. The highest BCUT2D eigenvalue weighted by molar-refractivity contribution is 6.06. The van der Waals surface area contributed by atoms with Gasteiger partial charge in [-0.05, 0) is 12.5 Å². The van der Waals surface area contributed by atoms with Crippen LogP contribution in [0.3, 0.4) is 0 Å². The van der Waals surface area contributed by atoms with E-state index in [1.54, 1.807) is 4.90 Å². The molecule has 0 fully saturated rings. The minimum atomic E-state index is -0.432. The molecular formula is C19H18N2O3. The van der Waals surface area contributed by atoms with Gasteiger partial charge in [-0.3, -0.25) is 4.79 Å². The Labute approximate surface area is 140 Å². The van der Waals surface area contributed by atoms with Crippen molar-refractivity contribution in [1.82, 2.24) is 0 Å². The molecule has 122 valence electrons. The number of hydrogen-bond donors (Lipinski definition) is 1. The first kappa shape index (κ1) is 14.6. The SMILES string of the molecule is C=C(C)CN1C(=O)C(c2ccccc2)Nc2cc3c(cc21)OCO3. The van der Waals surface area contributed by atoms with E-state index in [2.05, 4.69) is 11.9 Å². The maximum atomic E-state index is 13.1. The quantitative estimate of drug-likeness (QED) is 0.879. The molecule has 24 heavy (non-hydrogen) atoms.